The van der Waals surface area contributed by atoms with E-state index in [4.69, 9.17) is 0 Å². The molecule has 0 unspecified atom stereocenters. The SMILES string of the molecule is CCCCc1ccc2c(c1)[C@H](NC(C)=O)C(=O)N2CCCC. The molecule has 120 valence electrons. The Morgan fingerprint density at radius 1 is 1.23 bits per heavy atom. The second kappa shape index (κ2) is 7.43. The molecule has 0 fully saturated rings. The Labute approximate surface area is 132 Å². The molecule has 0 saturated carbocycles. The first-order valence-electron chi connectivity index (χ1n) is 8.29. The number of nitrogens with zero attached hydrogens (tertiary/aromatic N) is 1. The minimum Gasteiger partial charge on any atom is -0.341 e. The molecular formula is C18H26N2O2. The van der Waals surface area contributed by atoms with Crippen LogP contribution in [0.25, 0.3) is 0 Å². The van der Waals surface area contributed by atoms with Crippen molar-refractivity contribution < 1.29 is 9.59 Å². The van der Waals surface area contributed by atoms with Crippen LogP contribution in [-0.4, -0.2) is 18.4 Å². The first-order valence-corrected chi connectivity index (χ1v) is 8.29. The first kappa shape index (κ1) is 16.5. The van der Waals surface area contributed by atoms with Crippen molar-refractivity contribution in [3.8, 4) is 0 Å². The van der Waals surface area contributed by atoms with Crippen LogP contribution in [0.5, 0.6) is 0 Å². The standard InChI is InChI=1S/C18H26N2O2/c1-4-6-8-14-9-10-16-15(12-14)17(19-13(3)21)18(22)20(16)11-7-5-2/h9-10,12,17H,4-8,11H2,1-3H3,(H,19,21)/t17-/m0/s1. The van der Waals surface area contributed by atoms with Crippen LogP contribution >= 0.6 is 0 Å². The third-order valence-electron chi connectivity index (χ3n) is 4.11. The Morgan fingerprint density at radius 2 is 1.95 bits per heavy atom. The van der Waals surface area contributed by atoms with E-state index in [1.54, 1.807) is 0 Å². The van der Waals surface area contributed by atoms with E-state index < -0.39 is 6.04 Å². The van der Waals surface area contributed by atoms with Crippen molar-refractivity contribution in [2.45, 2.75) is 58.9 Å². The molecule has 1 aliphatic rings. The van der Waals surface area contributed by atoms with Crippen LogP contribution < -0.4 is 10.2 Å². The average Bonchev–Trinajstić information content (AvgIpc) is 2.75. The van der Waals surface area contributed by atoms with Gasteiger partial charge in [0.1, 0.15) is 6.04 Å². The van der Waals surface area contributed by atoms with E-state index in [0.29, 0.717) is 6.54 Å². The molecular weight excluding hydrogens is 276 g/mol. The number of nitrogens with one attached hydrogen (secondary N) is 1. The number of amides is 2. The quantitative estimate of drug-likeness (QED) is 0.839. The Kier molecular flexibility index (Phi) is 5.58. The van der Waals surface area contributed by atoms with Crippen LogP contribution in [-0.2, 0) is 16.0 Å². The summed E-state index contributed by atoms with van der Waals surface area (Å²) in [5.74, 6) is -0.174. The van der Waals surface area contributed by atoms with Crippen LogP contribution in [0.1, 0.15) is 63.6 Å². The highest BCUT2D eigenvalue weighted by molar-refractivity contribution is 6.06. The number of hydrogen-bond acceptors (Lipinski definition) is 2. The molecule has 1 aliphatic heterocycles. The molecule has 0 aromatic heterocycles. The van der Waals surface area contributed by atoms with Gasteiger partial charge in [-0.25, -0.2) is 0 Å². The van der Waals surface area contributed by atoms with E-state index in [9.17, 15) is 9.59 Å². The summed E-state index contributed by atoms with van der Waals surface area (Å²) in [6.45, 7) is 6.46. The Morgan fingerprint density at radius 3 is 2.59 bits per heavy atom. The first-order chi connectivity index (χ1) is 10.6. The number of fused-ring (bicyclic) bond motifs is 1. The maximum absolute atomic E-state index is 12.6. The van der Waals surface area contributed by atoms with Gasteiger partial charge in [0.25, 0.3) is 5.91 Å². The van der Waals surface area contributed by atoms with E-state index in [-0.39, 0.29) is 11.8 Å². The van der Waals surface area contributed by atoms with Crippen molar-refractivity contribution in [2.24, 2.45) is 0 Å². The summed E-state index contributed by atoms with van der Waals surface area (Å²) in [4.78, 5) is 25.9. The van der Waals surface area contributed by atoms with E-state index >= 15 is 0 Å². The summed E-state index contributed by atoms with van der Waals surface area (Å²) >= 11 is 0. The fraction of sp³-hybridized carbons (Fsp3) is 0.556. The largest absolute Gasteiger partial charge is 0.341 e. The maximum atomic E-state index is 12.6. The zero-order chi connectivity index (χ0) is 16.1. The molecule has 0 bridgehead atoms. The van der Waals surface area contributed by atoms with Crippen molar-refractivity contribution in [3.63, 3.8) is 0 Å². The van der Waals surface area contributed by atoms with Crippen molar-refractivity contribution in [3.05, 3.63) is 29.3 Å². The fourth-order valence-corrected chi connectivity index (χ4v) is 2.91. The predicted molar refractivity (Wildman–Crippen MR) is 88.9 cm³/mol. The normalized spacial score (nSPS) is 16.8. The number of unbranched alkanes of at least 4 members (excludes halogenated alkanes) is 2. The van der Waals surface area contributed by atoms with Gasteiger partial charge < -0.3 is 10.2 Å². The number of carbonyl (C=O) groups is 2. The Balaban J connectivity index is 2.31. The minimum absolute atomic E-state index is 0.00806. The van der Waals surface area contributed by atoms with Crippen molar-refractivity contribution in [1.29, 1.82) is 0 Å². The molecule has 4 nitrogen and oxygen atoms in total. The van der Waals surface area contributed by atoms with Gasteiger partial charge in [-0.15, -0.1) is 0 Å². The highest BCUT2D eigenvalue weighted by Gasteiger charge is 2.37. The fourth-order valence-electron chi connectivity index (χ4n) is 2.91. The van der Waals surface area contributed by atoms with Gasteiger partial charge >= 0.3 is 0 Å². The molecule has 0 radical (unpaired) electrons. The van der Waals surface area contributed by atoms with Gasteiger partial charge in [0.15, 0.2) is 0 Å². The molecule has 0 spiro atoms. The van der Waals surface area contributed by atoms with Gasteiger partial charge in [0.2, 0.25) is 5.91 Å². The Hall–Kier alpha value is -1.84. The highest BCUT2D eigenvalue weighted by Crippen LogP contribution is 2.37. The summed E-state index contributed by atoms with van der Waals surface area (Å²) in [5.41, 5.74) is 3.14. The van der Waals surface area contributed by atoms with Crippen molar-refractivity contribution in [2.75, 3.05) is 11.4 Å². The molecule has 1 aromatic carbocycles. The molecule has 4 heteroatoms. The van der Waals surface area contributed by atoms with E-state index in [0.717, 1.165) is 43.4 Å². The molecule has 1 atom stereocenters. The minimum atomic E-state index is -0.522. The molecule has 2 rings (SSSR count). The number of hydrogen-bond donors (Lipinski definition) is 1. The number of aryl methyl sites for hydroxylation is 1. The lowest BCUT2D eigenvalue weighted by Gasteiger charge is -2.17. The Bertz CT molecular complexity index is 554. The van der Waals surface area contributed by atoms with Crippen LogP contribution in [0, 0.1) is 0 Å². The van der Waals surface area contributed by atoms with Gasteiger partial charge in [-0.2, -0.15) is 0 Å². The third kappa shape index (κ3) is 3.49. The summed E-state index contributed by atoms with van der Waals surface area (Å²) in [6, 6.07) is 5.72. The predicted octanol–water partition coefficient (Wildman–Crippen LogP) is 3.35. The van der Waals surface area contributed by atoms with Crippen LogP contribution in [0.3, 0.4) is 0 Å². The lowest BCUT2D eigenvalue weighted by molar-refractivity contribution is -0.126. The molecule has 1 heterocycles. The number of anilines is 1. The number of carbonyl (C=O) groups excluding carboxylic acids is 2. The van der Waals surface area contributed by atoms with Gasteiger partial charge in [0.05, 0.1) is 0 Å². The molecule has 0 saturated heterocycles. The third-order valence-corrected chi connectivity index (χ3v) is 4.11. The monoisotopic (exact) mass is 302 g/mol. The van der Waals surface area contributed by atoms with Gasteiger partial charge in [-0.1, -0.05) is 38.8 Å². The summed E-state index contributed by atoms with van der Waals surface area (Å²) in [5, 5.41) is 2.81. The van der Waals surface area contributed by atoms with Crippen LogP contribution in [0.4, 0.5) is 5.69 Å². The zero-order valence-corrected chi connectivity index (χ0v) is 13.8. The zero-order valence-electron chi connectivity index (χ0n) is 13.8. The number of rotatable bonds is 7. The van der Waals surface area contributed by atoms with Gasteiger partial charge in [-0.05, 0) is 30.9 Å². The smallest absolute Gasteiger partial charge is 0.254 e. The van der Waals surface area contributed by atoms with Crippen molar-refractivity contribution in [1.82, 2.24) is 5.32 Å². The highest BCUT2D eigenvalue weighted by atomic mass is 16.2. The van der Waals surface area contributed by atoms with Crippen LogP contribution in [0.15, 0.2) is 18.2 Å². The lowest BCUT2D eigenvalue weighted by Crippen LogP contribution is -2.37. The summed E-state index contributed by atoms with van der Waals surface area (Å²) < 4.78 is 0. The topological polar surface area (TPSA) is 49.4 Å². The lowest BCUT2D eigenvalue weighted by atomic mass is 10.0. The molecule has 1 N–H and O–H groups in total. The van der Waals surface area contributed by atoms with Gasteiger partial charge in [-0.3, -0.25) is 9.59 Å². The van der Waals surface area contributed by atoms with Crippen molar-refractivity contribution >= 4 is 17.5 Å². The summed E-state index contributed by atoms with van der Waals surface area (Å²) in [6.07, 6.45) is 5.30. The van der Waals surface area contributed by atoms with Gasteiger partial charge in [0, 0.05) is 24.7 Å². The summed E-state index contributed by atoms with van der Waals surface area (Å²) in [7, 11) is 0. The number of benzene rings is 1. The molecule has 0 aliphatic carbocycles. The molecule has 2 amide bonds. The molecule has 1 aromatic rings. The van der Waals surface area contributed by atoms with Crippen LogP contribution in [0.2, 0.25) is 0 Å². The van der Waals surface area contributed by atoms with E-state index in [1.165, 1.54) is 12.5 Å². The average molecular weight is 302 g/mol. The maximum Gasteiger partial charge on any atom is 0.254 e. The second-order valence-corrected chi connectivity index (χ2v) is 5.97. The van der Waals surface area contributed by atoms with E-state index in [2.05, 4.69) is 31.3 Å². The molecule has 22 heavy (non-hydrogen) atoms. The second-order valence-electron chi connectivity index (χ2n) is 5.97. The van der Waals surface area contributed by atoms with E-state index in [1.807, 2.05) is 11.0 Å².